The molecule has 0 aliphatic heterocycles. The molecule has 3 aromatic rings. The first-order chi connectivity index (χ1) is 13.5. The van der Waals surface area contributed by atoms with Gasteiger partial charge in [-0.05, 0) is 48.5 Å². The molecule has 0 unspecified atom stereocenters. The van der Waals surface area contributed by atoms with Crippen LogP contribution in [-0.4, -0.2) is 39.6 Å². The molecule has 0 fully saturated rings. The Hall–Kier alpha value is -3.53. The summed E-state index contributed by atoms with van der Waals surface area (Å²) in [5.74, 6) is 6.58. The summed E-state index contributed by atoms with van der Waals surface area (Å²) < 4.78 is 6.46. The lowest BCUT2D eigenvalue weighted by Gasteiger charge is -2.06. The molecule has 0 aliphatic rings. The molecule has 9 nitrogen and oxygen atoms in total. The number of methoxy groups -OCH3 is 1. The molecule has 2 amide bonds. The van der Waals surface area contributed by atoms with Crippen molar-refractivity contribution < 1.29 is 14.3 Å². The van der Waals surface area contributed by atoms with Crippen LogP contribution in [0.25, 0.3) is 11.4 Å². The van der Waals surface area contributed by atoms with Crippen molar-refractivity contribution in [3.05, 3.63) is 54.1 Å². The number of nitrogens with two attached hydrogens (primary N) is 2. The van der Waals surface area contributed by atoms with Crippen LogP contribution in [0, 0.1) is 0 Å². The van der Waals surface area contributed by atoms with Crippen LogP contribution in [0.1, 0.15) is 10.4 Å². The maximum atomic E-state index is 12.1. The number of amides is 2. The Balaban J connectivity index is 1.60. The molecule has 0 bridgehead atoms. The molecule has 0 radical (unpaired) electrons. The number of anilines is 1. The first-order valence-electron chi connectivity index (χ1n) is 8.15. The number of nitrogens with zero attached hydrogens (tertiary/aromatic N) is 3. The molecule has 0 saturated heterocycles. The summed E-state index contributed by atoms with van der Waals surface area (Å²) in [6.07, 6.45) is 0. The first-order valence-corrected chi connectivity index (χ1v) is 9.14. The van der Waals surface area contributed by atoms with Crippen molar-refractivity contribution in [2.75, 3.05) is 24.0 Å². The lowest BCUT2D eigenvalue weighted by molar-refractivity contribution is -0.113. The van der Waals surface area contributed by atoms with Crippen molar-refractivity contribution in [3.8, 4) is 17.1 Å². The third kappa shape index (κ3) is 4.41. The molecule has 5 N–H and O–H groups in total. The van der Waals surface area contributed by atoms with Crippen LogP contribution < -0.4 is 21.6 Å². The maximum Gasteiger partial charge on any atom is 0.248 e. The number of thioether (sulfide) groups is 1. The Bertz CT molecular complexity index is 986. The highest BCUT2D eigenvalue weighted by atomic mass is 32.2. The topological polar surface area (TPSA) is 138 Å². The van der Waals surface area contributed by atoms with E-state index in [1.54, 1.807) is 43.5 Å². The average molecular weight is 398 g/mol. The number of aromatic nitrogens is 3. The molecule has 1 heterocycles. The zero-order valence-electron chi connectivity index (χ0n) is 15.0. The standard InChI is InChI=1S/C18H18N6O3S/c1-27-14-8-4-12(5-9-14)17-22-23-18(24(17)20)28-10-15(25)21-13-6-2-11(3-7-13)16(19)26/h2-9H,10,20H2,1H3,(H2,19,26)(H,21,25). The van der Waals surface area contributed by atoms with Gasteiger partial charge in [0.15, 0.2) is 5.82 Å². The Morgan fingerprint density at radius 1 is 1.11 bits per heavy atom. The van der Waals surface area contributed by atoms with Gasteiger partial charge in [0.2, 0.25) is 17.0 Å². The van der Waals surface area contributed by atoms with E-state index in [-0.39, 0.29) is 11.7 Å². The number of carbonyl (C=O) groups excluding carboxylic acids is 2. The second-order valence-electron chi connectivity index (χ2n) is 5.68. The number of primary amides is 1. The van der Waals surface area contributed by atoms with Gasteiger partial charge in [0.05, 0.1) is 12.9 Å². The van der Waals surface area contributed by atoms with E-state index in [1.165, 1.54) is 4.68 Å². The van der Waals surface area contributed by atoms with E-state index in [2.05, 4.69) is 15.5 Å². The minimum atomic E-state index is -0.525. The number of rotatable bonds is 7. The van der Waals surface area contributed by atoms with Gasteiger partial charge >= 0.3 is 0 Å². The lowest BCUT2D eigenvalue weighted by atomic mass is 10.2. The second kappa shape index (κ2) is 8.44. The molecule has 3 rings (SSSR count). The average Bonchev–Trinajstić information content (AvgIpc) is 3.07. The number of carbonyl (C=O) groups is 2. The zero-order valence-corrected chi connectivity index (χ0v) is 15.8. The molecule has 10 heteroatoms. The van der Waals surface area contributed by atoms with Crippen molar-refractivity contribution >= 4 is 29.3 Å². The molecule has 0 spiro atoms. The summed E-state index contributed by atoms with van der Waals surface area (Å²) >= 11 is 1.16. The molecule has 144 valence electrons. The lowest BCUT2D eigenvalue weighted by Crippen LogP contribution is -2.16. The zero-order chi connectivity index (χ0) is 20.1. The van der Waals surface area contributed by atoms with Crippen LogP contribution >= 0.6 is 11.8 Å². The van der Waals surface area contributed by atoms with Gasteiger partial charge in [0.1, 0.15) is 5.75 Å². The van der Waals surface area contributed by atoms with E-state index in [0.29, 0.717) is 22.2 Å². The monoisotopic (exact) mass is 398 g/mol. The fraction of sp³-hybridized carbons (Fsp3) is 0.111. The van der Waals surface area contributed by atoms with Gasteiger partial charge in [-0.25, -0.2) is 4.68 Å². The Morgan fingerprint density at radius 3 is 2.39 bits per heavy atom. The predicted molar refractivity (Wildman–Crippen MR) is 106 cm³/mol. The van der Waals surface area contributed by atoms with E-state index in [9.17, 15) is 9.59 Å². The molecule has 28 heavy (non-hydrogen) atoms. The molecule has 0 atom stereocenters. The number of nitrogen functional groups attached to an aromatic ring is 1. The first kappa shape index (κ1) is 19.2. The summed E-state index contributed by atoms with van der Waals surface area (Å²) in [6, 6.07) is 13.5. The smallest absolute Gasteiger partial charge is 0.248 e. The fourth-order valence-electron chi connectivity index (χ4n) is 2.36. The minimum Gasteiger partial charge on any atom is -0.497 e. The summed E-state index contributed by atoms with van der Waals surface area (Å²) in [4.78, 5) is 23.2. The highest BCUT2D eigenvalue weighted by molar-refractivity contribution is 7.99. The number of ether oxygens (including phenoxy) is 1. The van der Waals surface area contributed by atoms with E-state index >= 15 is 0 Å². The van der Waals surface area contributed by atoms with Gasteiger partial charge in [-0.15, -0.1) is 10.2 Å². The fourth-order valence-corrected chi connectivity index (χ4v) is 3.01. The molecule has 2 aromatic carbocycles. The third-order valence-electron chi connectivity index (χ3n) is 3.80. The predicted octanol–water partition coefficient (Wildman–Crippen LogP) is 1.50. The highest BCUT2D eigenvalue weighted by Crippen LogP contribution is 2.23. The van der Waals surface area contributed by atoms with Crippen molar-refractivity contribution in [3.63, 3.8) is 0 Å². The van der Waals surface area contributed by atoms with Crippen LogP contribution in [0.2, 0.25) is 0 Å². The van der Waals surface area contributed by atoms with Crippen molar-refractivity contribution in [1.82, 2.24) is 14.9 Å². The Morgan fingerprint density at radius 2 is 1.79 bits per heavy atom. The van der Waals surface area contributed by atoms with Gasteiger partial charge in [-0.2, -0.15) is 0 Å². The molecule has 0 saturated carbocycles. The van der Waals surface area contributed by atoms with Crippen molar-refractivity contribution in [2.45, 2.75) is 5.16 Å². The number of benzene rings is 2. The number of hydrogen-bond acceptors (Lipinski definition) is 7. The van der Waals surface area contributed by atoms with Gasteiger partial charge in [-0.3, -0.25) is 9.59 Å². The van der Waals surface area contributed by atoms with E-state index in [4.69, 9.17) is 16.3 Å². The summed E-state index contributed by atoms with van der Waals surface area (Å²) in [5.41, 5.74) is 6.90. The van der Waals surface area contributed by atoms with Crippen molar-refractivity contribution in [1.29, 1.82) is 0 Å². The van der Waals surface area contributed by atoms with Crippen LogP contribution in [0.5, 0.6) is 5.75 Å². The number of hydrogen-bond donors (Lipinski definition) is 3. The van der Waals surface area contributed by atoms with E-state index < -0.39 is 5.91 Å². The highest BCUT2D eigenvalue weighted by Gasteiger charge is 2.14. The van der Waals surface area contributed by atoms with Crippen LogP contribution in [-0.2, 0) is 4.79 Å². The summed E-state index contributed by atoms with van der Waals surface area (Å²) in [7, 11) is 1.59. The molecule has 0 aliphatic carbocycles. The summed E-state index contributed by atoms with van der Waals surface area (Å²) in [6.45, 7) is 0. The molecule has 1 aromatic heterocycles. The SMILES string of the molecule is COc1ccc(-c2nnc(SCC(=O)Nc3ccc(C(N)=O)cc3)n2N)cc1. The van der Waals surface area contributed by atoms with Crippen molar-refractivity contribution in [2.24, 2.45) is 5.73 Å². The van der Waals surface area contributed by atoms with E-state index in [1.807, 2.05) is 12.1 Å². The quantitative estimate of drug-likeness (QED) is 0.405. The number of nitrogens with one attached hydrogen (secondary N) is 1. The van der Waals surface area contributed by atoms with E-state index in [0.717, 1.165) is 23.1 Å². The van der Waals surface area contributed by atoms with Gasteiger partial charge < -0.3 is 21.6 Å². The van der Waals surface area contributed by atoms with Gasteiger partial charge in [-0.1, -0.05) is 11.8 Å². The third-order valence-corrected chi connectivity index (χ3v) is 4.74. The van der Waals surface area contributed by atoms with Crippen LogP contribution in [0.3, 0.4) is 0 Å². The van der Waals surface area contributed by atoms with Crippen LogP contribution in [0.15, 0.2) is 53.7 Å². The van der Waals surface area contributed by atoms with Gasteiger partial charge in [0.25, 0.3) is 0 Å². The molecular formula is C18H18N6O3S. The Kier molecular flexibility index (Phi) is 5.80. The normalized spacial score (nSPS) is 10.5. The summed E-state index contributed by atoms with van der Waals surface area (Å²) in [5, 5.41) is 11.2. The van der Waals surface area contributed by atoms with Crippen LogP contribution in [0.4, 0.5) is 5.69 Å². The Labute approximate surface area is 165 Å². The largest absolute Gasteiger partial charge is 0.497 e. The minimum absolute atomic E-state index is 0.0928. The second-order valence-corrected chi connectivity index (χ2v) is 6.63. The van der Waals surface area contributed by atoms with Gasteiger partial charge in [0, 0.05) is 16.8 Å². The maximum absolute atomic E-state index is 12.1. The molecular weight excluding hydrogens is 380 g/mol.